The van der Waals surface area contributed by atoms with Gasteiger partial charge in [-0.25, -0.2) is 0 Å². The summed E-state index contributed by atoms with van der Waals surface area (Å²) in [5.74, 6) is 3.14. The second kappa shape index (κ2) is 12.1. The first kappa shape index (κ1) is 22.0. The van der Waals surface area contributed by atoms with E-state index in [9.17, 15) is 0 Å². The number of nitrogens with one attached hydrogen (secondary N) is 2. The van der Waals surface area contributed by atoms with Crippen molar-refractivity contribution < 1.29 is 14.2 Å². The number of hydrogen-bond acceptors (Lipinski definition) is 5. The Morgan fingerprint density at radius 3 is 2.26 bits per heavy atom. The fraction of sp³-hybridized carbons (Fsp3) is 0.250. The molecule has 0 saturated carbocycles. The molecule has 2 N–H and O–H groups in total. The van der Waals surface area contributed by atoms with Crippen LogP contribution in [0.5, 0.6) is 17.2 Å². The average Bonchev–Trinajstić information content (AvgIpc) is 2.84. The molecule has 0 spiro atoms. The monoisotopic (exact) mass is 420 g/mol. The minimum absolute atomic E-state index is 0.452. The van der Waals surface area contributed by atoms with Crippen LogP contribution in [0.25, 0.3) is 0 Å². The molecule has 7 heteroatoms. The SMILES string of the molecule is CN=C(NCCOc1ccc(OC)cc1)NCc1ccc(OCc2ccccn2)cc1. The van der Waals surface area contributed by atoms with Crippen molar-refractivity contribution >= 4 is 5.96 Å². The third-order valence-electron chi connectivity index (χ3n) is 4.44. The van der Waals surface area contributed by atoms with Gasteiger partial charge in [-0.15, -0.1) is 0 Å². The summed E-state index contributed by atoms with van der Waals surface area (Å²) in [7, 11) is 3.39. The highest BCUT2D eigenvalue weighted by Gasteiger charge is 2.01. The van der Waals surface area contributed by atoms with E-state index in [1.165, 1.54) is 0 Å². The maximum absolute atomic E-state index is 5.77. The van der Waals surface area contributed by atoms with Gasteiger partial charge >= 0.3 is 0 Å². The van der Waals surface area contributed by atoms with E-state index < -0.39 is 0 Å². The maximum Gasteiger partial charge on any atom is 0.191 e. The zero-order chi connectivity index (χ0) is 21.7. The van der Waals surface area contributed by atoms with Gasteiger partial charge in [-0.1, -0.05) is 18.2 Å². The average molecular weight is 421 g/mol. The number of pyridine rings is 1. The van der Waals surface area contributed by atoms with Crippen molar-refractivity contribution in [1.82, 2.24) is 15.6 Å². The molecule has 0 amide bonds. The van der Waals surface area contributed by atoms with Crippen LogP contribution in [0, 0.1) is 0 Å². The molecule has 7 nitrogen and oxygen atoms in total. The minimum Gasteiger partial charge on any atom is -0.497 e. The molecule has 31 heavy (non-hydrogen) atoms. The second-order valence-electron chi connectivity index (χ2n) is 6.63. The van der Waals surface area contributed by atoms with Crippen molar-refractivity contribution in [3.05, 3.63) is 84.2 Å². The molecule has 0 aliphatic carbocycles. The van der Waals surface area contributed by atoms with Gasteiger partial charge in [0.15, 0.2) is 5.96 Å². The van der Waals surface area contributed by atoms with Gasteiger partial charge in [-0.05, 0) is 54.1 Å². The van der Waals surface area contributed by atoms with Crippen LogP contribution in [0.1, 0.15) is 11.3 Å². The van der Waals surface area contributed by atoms with Crippen molar-refractivity contribution in [2.24, 2.45) is 4.99 Å². The fourth-order valence-electron chi connectivity index (χ4n) is 2.76. The summed E-state index contributed by atoms with van der Waals surface area (Å²) in [6.07, 6.45) is 1.76. The molecule has 0 aliphatic heterocycles. The van der Waals surface area contributed by atoms with E-state index in [-0.39, 0.29) is 0 Å². The predicted octanol–water partition coefficient (Wildman–Crippen LogP) is 3.41. The Bertz CT molecular complexity index is 929. The maximum atomic E-state index is 5.77. The van der Waals surface area contributed by atoms with Gasteiger partial charge in [0, 0.05) is 19.8 Å². The van der Waals surface area contributed by atoms with Gasteiger partial charge in [-0.2, -0.15) is 0 Å². The molecule has 0 aliphatic rings. The number of hydrogen-bond donors (Lipinski definition) is 2. The number of guanidine groups is 1. The van der Waals surface area contributed by atoms with Crippen molar-refractivity contribution in [2.75, 3.05) is 27.3 Å². The number of rotatable bonds is 10. The van der Waals surface area contributed by atoms with Crippen LogP contribution in [0.15, 0.2) is 77.9 Å². The van der Waals surface area contributed by atoms with Gasteiger partial charge in [0.1, 0.15) is 30.5 Å². The van der Waals surface area contributed by atoms with Gasteiger partial charge in [-0.3, -0.25) is 9.98 Å². The van der Waals surface area contributed by atoms with E-state index in [0.717, 1.165) is 28.5 Å². The lowest BCUT2D eigenvalue weighted by Crippen LogP contribution is -2.38. The predicted molar refractivity (Wildman–Crippen MR) is 122 cm³/mol. The molecule has 0 unspecified atom stereocenters. The molecular formula is C24H28N4O3. The van der Waals surface area contributed by atoms with E-state index in [4.69, 9.17) is 14.2 Å². The standard InChI is InChI=1S/C24H28N4O3/c1-25-24(27-15-16-30-22-12-10-21(29-2)11-13-22)28-17-19-6-8-23(9-7-19)31-18-20-5-3-4-14-26-20/h3-14H,15-18H2,1-2H3,(H2,25,27,28). The number of methoxy groups -OCH3 is 1. The Balaban J connectivity index is 1.35. The Morgan fingerprint density at radius 1 is 0.871 bits per heavy atom. The molecule has 0 atom stereocenters. The van der Waals surface area contributed by atoms with Crippen LogP contribution in [-0.4, -0.2) is 38.3 Å². The van der Waals surface area contributed by atoms with E-state index in [1.807, 2.05) is 66.7 Å². The summed E-state index contributed by atoms with van der Waals surface area (Å²) in [6.45, 7) is 2.26. The summed E-state index contributed by atoms with van der Waals surface area (Å²) in [4.78, 5) is 8.50. The van der Waals surface area contributed by atoms with E-state index >= 15 is 0 Å². The molecule has 0 radical (unpaired) electrons. The molecule has 0 bridgehead atoms. The molecule has 1 aromatic heterocycles. The topological polar surface area (TPSA) is 77.0 Å². The normalized spacial score (nSPS) is 11.0. The van der Waals surface area contributed by atoms with Crippen LogP contribution in [0.2, 0.25) is 0 Å². The number of nitrogens with zero attached hydrogens (tertiary/aromatic N) is 2. The van der Waals surface area contributed by atoms with E-state index in [0.29, 0.717) is 32.3 Å². The first-order valence-corrected chi connectivity index (χ1v) is 10.1. The van der Waals surface area contributed by atoms with Crippen molar-refractivity contribution in [1.29, 1.82) is 0 Å². The molecule has 0 saturated heterocycles. The highest BCUT2D eigenvalue weighted by atomic mass is 16.5. The first-order valence-electron chi connectivity index (χ1n) is 10.1. The first-order chi connectivity index (χ1) is 15.3. The molecule has 3 aromatic rings. The second-order valence-corrected chi connectivity index (χ2v) is 6.63. The Labute approximate surface area is 183 Å². The molecule has 2 aromatic carbocycles. The fourth-order valence-corrected chi connectivity index (χ4v) is 2.76. The zero-order valence-corrected chi connectivity index (χ0v) is 17.9. The molecule has 0 fully saturated rings. The van der Waals surface area contributed by atoms with E-state index in [1.54, 1.807) is 20.4 Å². The number of aromatic nitrogens is 1. The Kier molecular flexibility index (Phi) is 8.55. The van der Waals surface area contributed by atoms with E-state index in [2.05, 4.69) is 20.6 Å². The lowest BCUT2D eigenvalue weighted by atomic mass is 10.2. The molecule has 1 heterocycles. The number of aliphatic imine (C=N–C) groups is 1. The van der Waals surface area contributed by atoms with Gasteiger partial charge < -0.3 is 24.8 Å². The highest BCUT2D eigenvalue weighted by molar-refractivity contribution is 5.79. The van der Waals surface area contributed by atoms with Crippen LogP contribution in [0.4, 0.5) is 0 Å². The molecule has 162 valence electrons. The van der Waals surface area contributed by atoms with Crippen molar-refractivity contribution in [2.45, 2.75) is 13.2 Å². The number of benzene rings is 2. The lowest BCUT2D eigenvalue weighted by molar-refractivity contribution is 0.301. The van der Waals surface area contributed by atoms with Crippen LogP contribution < -0.4 is 24.8 Å². The van der Waals surface area contributed by atoms with Crippen LogP contribution in [-0.2, 0) is 13.2 Å². The van der Waals surface area contributed by atoms with Crippen LogP contribution >= 0.6 is 0 Å². The quantitative estimate of drug-likeness (QED) is 0.297. The third-order valence-corrected chi connectivity index (χ3v) is 4.44. The van der Waals surface area contributed by atoms with Crippen LogP contribution in [0.3, 0.4) is 0 Å². The van der Waals surface area contributed by atoms with Gasteiger partial charge in [0.2, 0.25) is 0 Å². The largest absolute Gasteiger partial charge is 0.497 e. The lowest BCUT2D eigenvalue weighted by Gasteiger charge is -2.13. The van der Waals surface area contributed by atoms with Crippen molar-refractivity contribution in [3.63, 3.8) is 0 Å². The Hall–Kier alpha value is -3.74. The summed E-state index contributed by atoms with van der Waals surface area (Å²) >= 11 is 0. The summed E-state index contributed by atoms with van der Waals surface area (Å²) < 4.78 is 16.6. The van der Waals surface area contributed by atoms with Gasteiger partial charge in [0.25, 0.3) is 0 Å². The highest BCUT2D eigenvalue weighted by Crippen LogP contribution is 2.16. The summed E-state index contributed by atoms with van der Waals surface area (Å²) in [5.41, 5.74) is 2.03. The molecule has 3 rings (SSSR count). The van der Waals surface area contributed by atoms with Crippen molar-refractivity contribution in [3.8, 4) is 17.2 Å². The summed E-state index contributed by atoms with van der Waals surface area (Å²) in [6, 6.07) is 21.3. The smallest absolute Gasteiger partial charge is 0.191 e. The summed E-state index contributed by atoms with van der Waals surface area (Å²) in [5, 5.41) is 6.53. The van der Waals surface area contributed by atoms with Gasteiger partial charge in [0.05, 0.1) is 19.3 Å². The Morgan fingerprint density at radius 2 is 1.58 bits per heavy atom. The third kappa shape index (κ3) is 7.54. The molecular weight excluding hydrogens is 392 g/mol. The zero-order valence-electron chi connectivity index (χ0n) is 17.9. The minimum atomic E-state index is 0.452. The number of ether oxygens (including phenoxy) is 3.